The topological polar surface area (TPSA) is 41.9 Å². The van der Waals surface area contributed by atoms with Gasteiger partial charge in [-0.15, -0.1) is 0 Å². The summed E-state index contributed by atoms with van der Waals surface area (Å²) in [7, 11) is 0. The molecule has 0 radical (unpaired) electrons. The summed E-state index contributed by atoms with van der Waals surface area (Å²) in [5, 5.41) is 0.961. The van der Waals surface area contributed by atoms with Crippen LogP contribution in [-0.4, -0.2) is 33.7 Å². The van der Waals surface area contributed by atoms with E-state index in [4.69, 9.17) is 0 Å². The number of rotatable bonds is 11. The van der Waals surface area contributed by atoms with Crippen LogP contribution in [0.3, 0.4) is 0 Å². The summed E-state index contributed by atoms with van der Waals surface area (Å²) < 4.78 is 16.0. The number of thiazole rings is 1. The summed E-state index contributed by atoms with van der Waals surface area (Å²) >= 11 is 1.60. The zero-order valence-corrected chi connectivity index (χ0v) is 18.8. The molecule has 1 aliphatic heterocycles. The zero-order chi connectivity index (χ0) is 20.5. The minimum Gasteiger partial charge on any atom is -0.348 e. The smallest absolute Gasteiger partial charge is 0.185 e. The van der Waals surface area contributed by atoms with Crippen molar-refractivity contribution in [1.82, 2.24) is 15.0 Å². The molecule has 1 aliphatic rings. The summed E-state index contributed by atoms with van der Waals surface area (Å²) in [5.74, 6) is 0.923. The molecule has 0 unspecified atom stereocenters. The summed E-state index contributed by atoms with van der Waals surface area (Å²) in [4.78, 5) is 16.4. The molecule has 1 fully saturated rings. The highest BCUT2D eigenvalue weighted by Gasteiger charge is 2.41. The molecule has 0 amide bonds. The molecule has 0 N–H and O–H groups in total. The van der Waals surface area contributed by atoms with E-state index in [1.54, 1.807) is 23.7 Å². The first-order chi connectivity index (χ1) is 14.2. The molecule has 0 atom stereocenters. The van der Waals surface area contributed by atoms with Crippen molar-refractivity contribution in [2.24, 2.45) is 5.92 Å². The quantitative estimate of drug-likeness (QED) is 0.381. The first kappa shape index (κ1) is 22.1. The Morgan fingerprint density at radius 1 is 1.00 bits per heavy atom. The Hall–Kier alpha value is -1.56. The summed E-state index contributed by atoms with van der Waals surface area (Å²) in [6.07, 6.45) is 15.8. The van der Waals surface area contributed by atoms with E-state index in [9.17, 15) is 0 Å². The van der Waals surface area contributed by atoms with Gasteiger partial charge in [0.1, 0.15) is 5.67 Å². The molecule has 160 valence electrons. The predicted octanol–water partition coefficient (Wildman–Crippen LogP) is 6.69. The lowest BCUT2D eigenvalue weighted by molar-refractivity contribution is 0.0394. The van der Waals surface area contributed by atoms with Gasteiger partial charge < -0.3 is 4.90 Å². The van der Waals surface area contributed by atoms with Crippen molar-refractivity contribution in [3.05, 3.63) is 24.7 Å². The van der Waals surface area contributed by atoms with Gasteiger partial charge in [-0.3, -0.25) is 0 Å². The van der Waals surface area contributed by atoms with Crippen LogP contribution in [0.15, 0.2) is 24.7 Å². The zero-order valence-electron chi connectivity index (χ0n) is 17.9. The Morgan fingerprint density at radius 3 is 2.21 bits per heavy atom. The van der Waals surface area contributed by atoms with E-state index in [1.807, 2.05) is 12.3 Å². The van der Waals surface area contributed by atoms with Crippen LogP contribution in [0.2, 0.25) is 0 Å². The van der Waals surface area contributed by atoms with Gasteiger partial charge in [0, 0.05) is 25.5 Å². The van der Waals surface area contributed by atoms with Gasteiger partial charge in [0.25, 0.3) is 0 Å². The van der Waals surface area contributed by atoms with E-state index in [-0.39, 0.29) is 5.92 Å². The molecular weight excluding hydrogens is 383 g/mol. The van der Waals surface area contributed by atoms with Gasteiger partial charge >= 0.3 is 0 Å². The van der Waals surface area contributed by atoms with Gasteiger partial charge in [-0.2, -0.15) is 0 Å². The largest absolute Gasteiger partial charge is 0.348 e. The van der Waals surface area contributed by atoms with Crippen LogP contribution in [0.25, 0.3) is 10.7 Å². The number of piperidine rings is 1. The Kier molecular flexibility index (Phi) is 8.40. The van der Waals surface area contributed by atoms with Crippen LogP contribution in [0.1, 0.15) is 78.1 Å². The normalized spacial score (nSPS) is 16.5. The first-order valence-corrected chi connectivity index (χ1v) is 12.1. The van der Waals surface area contributed by atoms with Crippen molar-refractivity contribution in [2.75, 3.05) is 18.0 Å². The fourth-order valence-electron chi connectivity index (χ4n) is 4.36. The Morgan fingerprint density at radius 2 is 1.62 bits per heavy atom. The molecular formula is C23H35FN4S. The van der Waals surface area contributed by atoms with Crippen molar-refractivity contribution in [1.29, 1.82) is 0 Å². The van der Waals surface area contributed by atoms with E-state index >= 15 is 4.39 Å². The molecule has 3 rings (SSSR count). The van der Waals surface area contributed by atoms with E-state index in [0.717, 1.165) is 48.8 Å². The molecule has 0 spiro atoms. The van der Waals surface area contributed by atoms with Crippen LogP contribution in [-0.2, 0) is 0 Å². The molecule has 0 aliphatic carbocycles. The molecule has 6 heteroatoms. The van der Waals surface area contributed by atoms with Crippen LogP contribution in [0.4, 0.5) is 9.52 Å². The fraction of sp³-hybridized carbons (Fsp3) is 0.696. The third-order valence-corrected chi connectivity index (χ3v) is 7.24. The Balaban J connectivity index is 1.60. The van der Waals surface area contributed by atoms with Crippen LogP contribution in [0, 0.1) is 5.92 Å². The molecule has 1 saturated heterocycles. The average Bonchev–Trinajstić information content (AvgIpc) is 3.24. The minimum atomic E-state index is -1.01. The minimum absolute atomic E-state index is 0.215. The number of hydrogen-bond acceptors (Lipinski definition) is 5. The summed E-state index contributed by atoms with van der Waals surface area (Å²) in [6.45, 7) is 5.94. The monoisotopic (exact) mass is 418 g/mol. The molecule has 3 heterocycles. The number of aromatic nitrogens is 3. The third kappa shape index (κ3) is 5.97. The Bertz CT molecular complexity index is 703. The first-order valence-electron chi connectivity index (χ1n) is 11.3. The summed E-state index contributed by atoms with van der Waals surface area (Å²) in [5.41, 5.74) is -1.01. The van der Waals surface area contributed by atoms with Gasteiger partial charge in [-0.25, -0.2) is 19.3 Å². The van der Waals surface area contributed by atoms with Crippen LogP contribution < -0.4 is 4.90 Å². The number of hydrogen-bond donors (Lipinski definition) is 0. The Labute approximate surface area is 179 Å². The van der Waals surface area contributed by atoms with Gasteiger partial charge in [0.05, 0.1) is 11.1 Å². The molecule has 0 saturated carbocycles. The van der Waals surface area contributed by atoms with Crippen molar-refractivity contribution in [3.8, 4) is 10.7 Å². The maximum absolute atomic E-state index is 16.0. The van der Waals surface area contributed by atoms with Gasteiger partial charge in [0.15, 0.2) is 11.0 Å². The lowest BCUT2D eigenvalue weighted by Crippen LogP contribution is -2.46. The molecule has 2 aromatic heterocycles. The maximum atomic E-state index is 16.0. The number of halogens is 1. The maximum Gasteiger partial charge on any atom is 0.185 e. The van der Waals surface area contributed by atoms with E-state index in [2.05, 4.69) is 33.7 Å². The molecule has 29 heavy (non-hydrogen) atoms. The highest BCUT2D eigenvalue weighted by Crippen LogP contribution is 2.41. The lowest BCUT2D eigenvalue weighted by Gasteiger charge is -2.41. The molecule has 2 aromatic rings. The molecule has 0 aromatic carbocycles. The van der Waals surface area contributed by atoms with E-state index < -0.39 is 5.67 Å². The van der Waals surface area contributed by atoms with Crippen molar-refractivity contribution in [3.63, 3.8) is 0 Å². The number of nitrogens with zero attached hydrogens (tertiary/aromatic N) is 4. The highest BCUT2D eigenvalue weighted by molar-refractivity contribution is 7.18. The second kappa shape index (κ2) is 11.0. The molecule has 0 bridgehead atoms. The predicted molar refractivity (Wildman–Crippen MR) is 120 cm³/mol. The summed E-state index contributed by atoms with van der Waals surface area (Å²) in [6, 6.07) is 1.81. The van der Waals surface area contributed by atoms with Crippen molar-refractivity contribution < 1.29 is 4.39 Å². The second-order valence-corrected chi connectivity index (χ2v) is 9.30. The lowest BCUT2D eigenvalue weighted by atomic mass is 9.76. The highest BCUT2D eigenvalue weighted by atomic mass is 32.1. The van der Waals surface area contributed by atoms with E-state index in [1.165, 1.54) is 25.7 Å². The fourth-order valence-corrected chi connectivity index (χ4v) is 5.28. The second-order valence-electron chi connectivity index (χ2n) is 8.29. The van der Waals surface area contributed by atoms with Crippen molar-refractivity contribution in [2.45, 2.75) is 83.7 Å². The standard InChI is InChI=1S/C23H35FN4S/c1-3-5-7-10-19(11-8-6-4-2)23(24)12-16-28(17-13-23)22-27-18-20(29-22)21-25-14-9-15-26-21/h9,14-15,18-19H,3-8,10-13,16-17H2,1-2H3. The average molecular weight is 419 g/mol. The third-order valence-electron chi connectivity index (χ3n) is 6.19. The van der Waals surface area contributed by atoms with Gasteiger partial charge in [0.2, 0.25) is 0 Å². The number of unbranched alkanes of at least 4 members (excludes halogenated alkanes) is 4. The van der Waals surface area contributed by atoms with Crippen LogP contribution >= 0.6 is 11.3 Å². The molecule has 4 nitrogen and oxygen atoms in total. The van der Waals surface area contributed by atoms with Gasteiger partial charge in [-0.05, 0) is 37.7 Å². The SMILES string of the molecule is CCCCCC(CCCCC)C1(F)CCN(c2ncc(-c3ncccn3)s2)CC1. The van der Waals surface area contributed by atoms with Crippen LogP contribution in [0.5, 0.6) is 0 Å². The van der Waals surface area contributed by atoms with Crippen molar-refractivity contribution >= 4 is 16.5 Å². The number of alkyl halides is 1. The number of anilines is 1. The van der Waals surface area contributed by atoms with Gasteiger partial charge in [-0.1, -0.05) is 63.7 Å². The van der Waals surface area contributed by atoms with E-state index in [0.29, 0.717) is 18.7 Å².